The van der Waals surface area contributed by atoms with E-state index < -0.39 is 0 Å². The molecule has 0 aromatic carbocycles. The molecule has 0 amide bonds. The molecule has 19 heavy (non-hydrogen) atoms. The van der Waals surface area contributed by atoms with Gasteiger partial charge in [0.15, 0.2) is 0 Å². The molecule has 0 saturated carbocycles. The summed E-state index contributed by atoms with van der Waals surface area (Å²) in [5, 5.41) is 7.41. The molecule has 0 spiro atoms. The summed E-state index contributed by atoms with van der Waals surface area (Å²) < 4.78 is 0. The minimum atomic E-state index is 0.143. The van der Waals surface area contributed by atoms with Crippen LogP contribution in [0.4, 0.5) is 11.8 Å². The van der Waals surface area contributed by atoms with Crippen LogP contribution in [0.1, 0.15) is 35.5 Å². The Bertz CT molecular complexity index is 552. The first-order chi connectivity index (χ1) is 9.12. The number of hydrogen-bond donors (Lipinski definition) is 2. The number of rotatable bonds is 5. The Kier molecular flexibility index (Phi) is 4.31. The zero-order chi connectivity index (χ0) is 13.8. The van der Waals surface area contributed by atoms with Crippen LogP contribution in [0.3, 0.4) is 0 Å². The molecule has 0 saturated heterocycles. The average Bonchev–Trinajstić information content (AvgIpc) is 2.86. The topological polar surface area (TPSA) is 62.7 Å². The SMILES string of the molecule is CCc1cnc(C(C)Nc2cc(C)nc(NC)n2)s1. The molecule has 0 bridgehead atoms. The summed E-state index contributed by atoms with van der Waals surface area (Å²) in [6, 6.07) is 2.08. The zero-order valence-corrected chi connectivity index (χ0v) is 12.5. The van der Waals surface area contributed by atoms with Crippen LogP contribution >= 0.6 is 11.3 Å². The fraction of sp³-hybridized carbons (Fsp3) is 0.462. The number of nitrogens with zero attached hydrogens (tertiary/aromatic N) is 3. The Morgan fingerprint density at radius 1 is 1.37 bits per heavy atom. The predicted octanol–water partition coefficient (Wildman–Crippen LogP) is 3.02. The molecule has 0 radical (unpaired) electrons. The third-order valence-corrected chi connectivity index (χ3v) is 4.06. The third-order valence-electron chi connectivity index (χ3n) is 2.73. The monoisotopic (exact) mass is 277 g/mol. The molecule has 2 aromatic rings. The molecule has 0 aliphatic rings. The molecular formula is C13H19N5S. The first kappa shape index (κ1) is 13.7. The first-order valence-corrected chi connectivity index (χ1v) is 7.18. The van der Waals surface area contributed by atoms with Gasteiger partial charge >= 0.3 is 0 Å². The molecule has 1 unspecified atom stereocenters. The molecule has 6 heteroatoms. The molecule has 0 aliphatic heterocycles. The molecule has 0 aliphatic carbocycles. The van der Waals surface area contributed by atoms with Crippen molar-refractivity contribution in [2.24, 2.45) is 0 Å². The zero-order valence-electron chi connectivity index (χ0n) is 11.7. The van der Waals surface area contributed by atoms with Gasteiger partial charge in [-0.1, -0.05) is 6.92 Å². The van der Waals surface area contributed by atoms with E-state index in [1.807, 2.05) is 26.2 Å². The molecule has 0 fully saturated rings. The predicted molar refractivity (Wildman–Crippen MR) is 79.8 cm³/mol. The second-order valence-corrected chi connectivity index (χ2v) is 5.50. The Morgan fingerprint density at radius 3 is 2.79 bits per heavy atom. The maximum atomic E-state index is 4.45. The van der Waals surface area contributed by atoms with Gasteiger partial charge in [-0.25, -0.2) is 9.97 Å². The molecule has 5 nitrogen and oxygen atoms in total. The van der Waals surface area contributed by atoms with Crippen molar-refractivity contribution in [3.63, 3.8) is 0 Å². The molecule has 1 atom stereocenters. The van der Waals surface area contributed by atoms with Crippen molar-refractivity contribution in [3.05, 3.63) is 27.8 Å². The third kappa shape index (κ3) is 3.41. The van der Waals surface area contributed by atoms with Gasteiger partial charge in [-0.15, -0.1) is 11.3 Å². The van der Waals surface area contributed by atoms with Crippen molar-refractivity contribution in [2.45, 2.75) is 33.2 Å². The van der Waals surface area contributed by atoms with Gasteiger partial charge in [0.05, 0.1) is 6.04 Å². The maximum absolute atomic E-state index is 4.45. The van der Waals surface area contributed by atoms with E-state index in [0.29, 0.717) is 5.95 Å². The lowest BCUT2D eigenvalue weighted by atomic mass is 10.3. The lowest BCUT2D eigenvalue weighted by Gasteiger charge is -2.13. The van der Waals surface area contributed by atoms with Crippen LogP contribution in [0, 0.1) is 6.92 Å². The van der Waals surface area contributed by atoms with E-state index in [2.05, 4.69) is 39.4 Å². The van der Waals surface area contributed by atoms with Gasteiger partial charge in [0.1, 0.15) is 10.8 Å². The average molecular weight is 277 g/mol. The molecule has 102 valence electrons. The second kappa shape index (κ2) is 5.97. The Labute approximate surface area is 117 Å². The summed E-state index contributed by atoms with van der Waals surface area (Å²) in [4.78, 5) is 14.4. The fourth-order valence-electron chi connectivity index (χ4n) is 1.72. The number of nitrogens with one attached hydrogen (secondary N) is 2. The molecule has 2 heterocycles. The normalized spacial score (nSPS) is 12.2. The van der Waals surface area contributed by atoms with Crippen LogP contribution in [0.25, 0.3) is 0 Å². The summed E-state index contributed by atoms with van der Waals surface area (Å²) in [6.07, 6.45) is 2.98. The van der Waals surface area contributed by atoms with Crippen LogP contribution in [-0.2, 0) is 6.42 Å². The van der Waals surface area contributed by atoms with E-state index in [0.717, 1.165) is 22.9 Å². The summed E-state index contributed by atoms with van der Waals surface area (Å²) in [6.45, 7) is 6.19. The highest BCUT2D eigenvalue weighted by molar-refractivity contribution is 7.11. The van der Waals surface area contributed by atoms with Gasteiger partial charge in [0.2, 0.25) is 5.95 Å². The van der Waals surface area contributed by atoms with E-state index in [1.165, 1.54) is 4.88 Å². The highest BCUT2D eigenvalue weighted by atomic mass is 32.1. The van der Waals surface area contributed by atoms with Gasteiger partial charge in [-0.05, 0) is 20.3 Å². The van der Waals surface area contributed by atoms with Gasteiger partial charge in [-0.3, -0.25) is 0 Å². The van der Waals surface area contributed by atoms with E-state index in [4.69, 9.17) is 0 Å². The minimum Gasteiger partial charge on any atom is -0.361 e. The van der Waals surface area contributed by atoms with Crippen molar-refractivity contribution in [1.29, 1.82) is 0 Å². The van der Waals surface area contributed by atoms with E-state index in [-0.39, 0.29) is 6.04 Å². The summed E-state index contributed by atoms with van der Waals surface area (Å²) in [7, 11) is 1.82. The first-order valence-electron chi connectivity index (χ1n) is 6.37. The number of aromatic nitrogens is 3. The number of hydrogen-bond acceptors (Lipinski definition) is 6. The van der Waals surface area contributed by atoms with Gasteiger partial charge in [0, 0.05) is 29.9 Å². The van der Waals surface area contributed by atoms with Crippen molar-refractivity contribution in [1.82, 2.24) is 15.0 Å². The minimum absolute atomic E-state index is 0.143. The van der Waals surface area contributed by atoms with E-state index >= 15 is 0 Å². The number of aryl methyl sites for hydroxylation is 2. The van der Waals surface area contributed by atoms with Crippen molar-refractivity contribution in [2.75, 3.05) is 17.7 Å². The van der Waals surface area contributed by atoms with Gasteiger partial charge in [-0.2, -0.15) is 4.98 Å². The number of anilines is 2. The van der Waals surface area contributed by atoms with Gasteiger partial charge in [0.25, 0.3) is 0 Å². The fourth-order valence-corrected chi connectivity index (χ4v) is 2.58. The maximum Gasteiger partial charge on any atom is 0.224 e. The quantitative estimate of drug-likeness (QED) is 0.879. The summed E-state index contributed by atoms with van der Waals surface area (Å²) >= 11 is 1.74. The molecule has 2 aromatic heterocycles. The second-order valence-electron chi connectivity index (χ2n) is 4.35. The smallest absolute Gasteiger partial charge is 0.224 e. The van der Waals surface area contributed by atoms with Crippen LogP contribution in [-0.4, -0.2) is 22.0 Å². The Hall–Kier alpha value is -1.69. The van der Waals surface area contributed by atoms with Crippen LogP contribution < -0.4 is 10.6 Å². The van der Waals surface area contributed by atoms with Crippen molar-refractivity contribution < 1.29 is 0 Å². The summed E-state index contributed by atoms with van der Waals surface area (Å²) in [5.74, 6) is 1.45. The largest absolute Gasteiger partial charge is 0.361 e. The molecule has 2 rings (SSSR count). The lowest BCUT2D eigenvalue weighted by Crippen LogP contribution is -2.09. The molecule has 2 N–H and O–H groups in total. The highest BCUT2D eigenvalue weighted by Crippen LogP contribution is 2.23. The van der Waals surface area contributed by atoms with Crippen LogP contribution in [0.5, 0.6) is 0 Å². The Balaban J connectivity index is 2.13. The van der Waals surface area contributed by atoms with Crippen LogP contribution in [0.2, 0.25) is 0 Å². The van der Waals surface area contributed by atoms with Crippen LogP contribution in [0.15, 0.2) is 12.3 Å². The summed E-state index contributed by atoms with van der Waals surface area (Å²) in [5.41, 5.74) is 0.933. The van der Waals surface area contributed by atoms with Crippen molar-refractivity contribution >= 4 is 23.1 Å². The molecular weight excluding hydrogens is 258 g/mol. The van der Waals surface area contributed by atoms with Gasteiger partial charge < -0.3 is 10.6 Å². The van der Waals surface area contributed by atoms with E-state index in [9.17, 15) is 0 Å². The standard InChI is InChI=1S/C13H19N5S/c1-5-10-7-15-12(19-10)9(3)17-11-6-8(2)16-13(14-4)18-11/h6-7,9H,5H2,1-4H3,(H2,14,16,17,18). The lowest BCUT2D eigenvalue weighted by molar-refractivity contribution is 0.857. The highest BCUT2D eigenvalue weighted by Gasteiger charge is 2.11. The van der Waals surface area contributed by atoms with E-state index in [1.54, 1.807) is 11.3 Å². The number of thiazole rings is 1. The Morgan fingerprint density at radius 2 is 2.16 bits per heavy atom. The van der Waals surface area contributed by atoms with Crippen molar-refractivity contribution in [3.8, 4) is 0 Å².